The van der Waals surface area contributed by atoms with Gasteiger partial charge in [-0.3, -0.25) is 4.79 Å². The number of nitrogens with zero attached hydrogens (tertiary/aromatic N) is 1. The molecular weight excluding hydrogens is 414 g/mol. The predicted octanol–water partition coefficient (Wildman–Crippen LogP) is 4.75. The molecule has 0 saturated carbocycles. The molecule has 0 N–H and O–H groups in total. The van der Waals surface area contributed by atoms with E-state index < -0.39 is 39.1 Å². The van der Waals surface area contributed by atoms with E-state index in [1.807, 2.05) is 64.1 Å². The summed E-state index contributed by atoms with van der Waals surface area (Å²) in [6.45, 7) is 10.9. The first kappa shape index (κ1) is 25.6. The number of hydrogen-bond donors (Lipinski definition) is 0. The third-order valence-corrected chi connectivity index (χ3v) is 7.73. The van der Waals surface area contributed by atoms with Crippen LogP contribution >= 0.6 is 0 Å². The van der Waals surface area contributed by atoms with E-state index in [0.717, 1.165) is 28.3 Å². The zero-order valence-corrected chi connectivity index (χ0v) is 20.4. The molecule has 0 radical (unpaired) electrons. The van der Waals surface area contributed by atoms with E-state index in [1.165, 1.54) is 0 Å². The predicted molar refractivity (Wildman–Crippen MR) is 123 cm³/mol. The van der Waals surface area contributed by atoms with Gasteiger partial charge in [0.15, 0.2) is 5.79 Å². The topological polar surface area (TPSA) is 72.9 Å². The number of ether oxygens (including phenoxy) is 2. The molecule has 1 aromatic rings. The lowest BCUT2D eigenvalue weighted by Crippen LogP contribution is -2.57. The summed E-state index contributed by atoms with van der Waals surface area (Å²) in [6.07, 6.45) is 5.54. The van der Waals surface area contributed by atoms with Crippen molar-refractivity contribution in [2.24, 2.45) is 0 Å². The maximum atomic E-state index is 13.3. The van der Waals surface area contributed by atoms with Crippen LogP contribution in [0.4, 0.5) is 0 Å². The van der Waals surface area contributed by atoms with Gasteiger partial charge in [0.25, 0.3) is 0 Å². The normalized spacial score (nSPS) is 21.5. The van der Waals surface area contributed by atoms with Gasteiger partial charge in [0, 0.05) is 6.42 Å². The monoisotopic (exact) mass is 451 g/mol. The second-order valence-electron chi connectivity index (χ2n) is 8.61. The first-order chi connectivity index (χ1) is 14.5. The van der Waals surface area contributed by atoms with Crippen LogP contribution in [0.5, 0.6) is 0 Å². The number of unbranched alkanes of at least 4 members (excludes halogenated alkanes) is 1. The van der Waals surface area contributed by atoms with Gasteiger partial charge in [-0.2, -0.15) is 0 Å². The number of allylic oxidation sites excluding steroid dienone is 2. The summed E-state index contributed by atoms with van der Waals surface area (Å²) in [7, 11) is -3.87. The Hall–Kier alpha value is -1.70. The molecule has 174 valence electrons. The second kappa shape index (κ2) is 10.7. The van der Waals surface area contributed by atoms with Crippen LogP contribution in [0, 0.1) is 0 Å². The summed E-state index contributed by atoms with van der Waals surface area (Å²) in [5.41, 5.74) is 1.97. The van der Waals surface area contributed by atoms with Gasteiger partial charge in [0.05, 0.1) is 11.9 Å². The average molecular weight is 452 g/mol. The van der Waals surface area contributed by atoms with E-state index in [4.69, 9.17) is 9.47 Å². The van der Waals surface area contributed by atoms with Gasteiger partial charge < -0.3 is 9.47 Å². The fourth-order valence-corrected chi connectivity index (χ4v) is 5.16. The lowest BCUT2D eigenvalue weighted by atomic mass is 9.94. The number of sulfonamides is 1. The van der Waals surface area contributed by atoms with Crippen molar-refractivity contribution in [3.8, 4) is 0 Å². The van der Waals surface area contributed by atoms with Crippen LogP contribution in [0.3, 0.4) is 0 Å². The quantitative estimate of drug-likeness (QED) is 0.400. The molecule has 1 amide bonds. The van der Waals surface area contributed by atoms with Crippen LogP contribution in [0.25, 0.3) is 0 Å². The molecule has 6 nitrogen and oxygen atoms in total. The van der Waals surface area contributed by atoms with Gasteiger partial charge in [-0.15, -0.1) is 0 Å². The van der Waals surface area contributed by atoms with Crippen molar-refractivity contribution < 1.29 is 22.7 Å². The van der Waals surface area contributed by atoms with Crippen molar-refractivity contribution in [2.45, 2.75) is 90.4 Å². The van der Waals surface area contributed by atoms with E-state index in [-0.39, 0.29) is 13.0 Å². The zero-order valence-electron chi connectivity index (χ0n) is 19.6. The molecule has 1 fully saturated rings. The Balaban J connectivity index is 2.51. The Morgan fingerprint density at radius 2 is 1.97 bits per heavy atom. The summed E-state index contributed by atoms with van der Waals surface area (Å²) >= 11 is 0. The fraction of sp³-hybridized carbons (Fsp3) is 0.625. The van der Waals surface area contributed by atoms with Gasteiger partial charge in [-0.1, -0.05) is 43.3 Å². The minimum Gasteiger partial charge on any atom is -0.348 e. The van der Waals surface area contributed by atoms with Crippen molar-refractivity contribution in [1.29, 1.82) is 0 Å². The highest BCUT2D eigenvalue weighted by atomic mass is 32.2. The smallest absolute Gasteiger partial charge is 0.240 e. The van der Waals surface area contributed by atoms with Crippen LogP contribution in [0.1, 0.15) is 78.0 Å². The Morgan fingerprint density at radius 3 is 2.58 bits per heavy atom. The zero-order chi connectivity index (χ0) is 23.2. The number of aryl methyl sites for hydroxylation is 1. The number of hydrogen-bond acceptors (Lipinski definition) is 5. The highest BCUT2D eigenvalue weighted by Crippen LogP contribution is 2.38. The first-order valence-electron chi connectivity index (χ1n) is 11.1. The fourth-order valence-electron chi connectivity index (χ4n) is 3.78. The van der Waals surface area contributed by atoms with Crippen molar-refractivity contribution >= 4 is 15.9 Å². The second-order valence-corrected chi connectivity index (χ2v) is 11.0. The third-order valence-electron chi connectivity index (χ3n) is 5.52. The number of rotatable bonds is 9. The van der Waals surface area contributed by atoms with Crippen LogP contribution in [0.15, 0.2) is 36.4 Å². The molecule has 1 heterocycles. The highest BCUT2D eigenvalue weighted by Gasteiger charge is 2.47. The number of benzene rings is 1. The molecule has 1 aliphatic rings. The molecule has 31 heavy (non-hydrogen) atoms. The van der Waals surface area contributed by atoms with Crippen molar-refractivity contribution in [3.63, 3.8) is 0 Å². The van der Waals surface area contributed by atoms with Gasteiger partial charge in [0.2, 0.25) is 15.9 Å². The first-order valence-corrected chi connectivity index (χ1v) is 12.6. The van der Waals surface area contributed by atoms with E-state index in [2.05, 4.69) is 0 Å². The number of carbonyl (C=O) groups excluding carboxylic acids is 1. The molecular formula is C24H37NO5S. The Labute approximate surface area is 187 Å². The Bertz CT molecular complexity index is 876. The van der Waals surface area contributed by atoms with Crippen LogP contribution < -0.4 is 0 Å². The molecule has 1 saturated heterocycles. The van der Waals surface area contributed by atoms with Gasteiger partial charge in [-0.25, -0.2) is 12.7 Å². The lowest BCUT2D eigenvalue weighted by molar-refractivity contribution is -0.291. The summed E-state index contributed by atoms with van der Waals surface area (Å²) < 4.78 is 39.9. The highest BCUT2D eigenvalue weighted by molar-refractivity contribution is 7.90. The molecule has 1 aliphatic heterocycles. The largest absolute Gasteiger partial charge is 0.348 e. The summed E-state index contributed by atoms with van der Waals surface area (Å²) in [5, 5.41) is -0.732. The Morgan fingerprint density at radius 1 is 1.29 bits per heavy atom. The summed E-state index contributed by atoms with van der Waals surface area (Å²) in [4.78, 5) is 13.3. The standard InChI is InChI=1S/C24H37NO5S/c1-7-9-10-11-16-22(26)25(31(27,28)18(3)4)21-17-29-24(5,6)30-23(21)20-15-13-12-14-19(20)8-2/h7,9,12-15,18,21,23H,8,10-11,16-17H2,1-6H3. The molecule has 0 aliphatic carbocycles. The molecule has 2 atom stereocenters. The molecule has 2 rings (SSSR count). The van der Waals surface area contributed by atoms with E-state index in [0.29, 0.717) is 6.42 Å². The van der Waals surface area contributed by atoms with Crippen molar-refractivity contribution in [2.75, 3.05) is 6.61 Å². The average Bonchev–Trinajstić information content (AvgIpc) is 2.72. The molecule has 7 heteroatoms. The maximum absolute atomic E-state index is 13.3. The SMILES string of the molecule is CC=CCCCC(=O)N(C1COC(C)(C)OC1c1ccccc1CC)S(=O)(=O)C(C)C. The minimum absolute atomic E-state index is 0.0856. The van der Waals surface area contributed by atoms with E-state index in [9.17, 15) is 13.2 Å². The summed E-state index contributed by atoms with van der Waals surface area (Å²) in [5.74, 6) is -1.29. The van der Waals surface area contributed by atoms with Gasteiger partial charge in [0.1, 0.15) is 12.1 Å². The maximum Gasteiger partial charge on any atom is 0.240 e. The van der Waals surface area contributed by atoms with Gasteiger partial charge in [-0.05, 0) is 65.0 Å². The number of carbonyl (C=O) groups is 1. The molecule has 0 aromatic heterocycles. The third kappa shape index (κ3) is 6.18. The van der Waals surface area contributed by atoms with E-state index in [1.54, 1.807) is 13.8 Å². The lowest BCUT2D eigenvalue weighted by Gasteiger charge is -2.45. The van der Waals surface area contributed by atoms with Crippen molar-refractivity contribution in [1.82, 2.24) is 4.31 Å². The van der Waals surface area contributed by atoms with Gasteiger partial charge >= 0.3 is 0 Å². The van der Waals surface area contributed by atoms with E-state index >= 15 is 0 Å². The van der Waals surface area contributed by atoms with Crippen LogP contribution in [-0.4, -0.2) is 42.3 Å². The molecule has 0 bridgehead atoms. The molecule has 2 unspecified atom stereocenters. The number of amides is 1. The van der Waals surface area contributed by atoms with Crippen molar-refractivity contribution in [3.05, 3.63) is 47.5 Å². The Kier molecular flexibility index (Phi) is 8.86. The minimum atomic E-state index is -3.87. The van der Waals surface area contributed by atoms with Crippen LogP contribution in [-0.2, 0) is 30.7 Å². The molecule has 1 aromatic carbocycles. The molecule has 0 spiro atoms. The van der Waals surface area contributed by atoms with Crippen LogP contribution in [0.2, 0.25) is 0 Å². The summed E-state index contributed by atoms with van der Waals surface area (Å²) in [6, 6.07) is 7.07.